The Morgan fingerprint density at radius 2 is 1.95 bits per heavy atom. The van der Waals surface area contributed by atoms with E-state index in [9.17, 15) is 10.1 Å². The number of anilines is 1. The summed E-state index contributed by atoms with van der Waals surface area (Å²) in [7, 11) is 0. The Morgan fingerprint density at radius 3 is 2.47 bits per heavy atom. The van der Waals surface area contributed by atoms with Gasteiger partial charge in [0.05, 0.1) is 18.4 Å². The largest absolute Gasteiger partial charge is 0.492 e. The molecule has 0 fully saturated rings. The minimum absolute atomic E-state index is 0.271. The Labute approximate surface area is 114 Å². The second kappa shape index (κ2) is 6.79. The predicted octanol–water partition coefficient (Wildman–Crippen LogP) is 3.35. The lowest BCUT2D eigenvalue weighted by Crippen LogP contribution is -2.34. The molecule has 19 heavy (non-hydrogen) atoms. The van der Waals surface area contributed by atoms with Gasteiger partial charge in [0, 0.05) is 0 Å². The summed E-state index contributed by atoms with van der Waals surface area (Å²) in [6.07, 6.45) is 0.977. The third kappa shape index (κ3) is 3.25. The van der Waals surface area contributed by atoms with Crippen molar-refractivity contribution in [1.29, 1.82) is 5.26 Å². The van der Waals surface area contributed by atoms with Crippen LogP contribution in [0.15, 0.2) is 24.3 Å². The number of carbonyl (C=O) groups excluding carboxylic acids is 1. The molecule has 0 unspecified atom stereocenters. The van der Waals surface area contributed by atoms with Gasteiger partial charge in [-0.25, -0.2) is 0 Å². The van der Waals surface area contributed by atoms with Crippen LogP contribution in [0.4, 0.5) is 5.69 Å². The minimum atomic E-state index is -0.973. The van der Waals surface area contributed by atoms with Gasteiger partial charge in [0.15, 0.2) is 0 Å². The fraction of sp³-hybridized carbons (Fsp3) is 0.467. The van der Waals surface area contributed by atoms with Crippen LogP contribution in [0.2, 0.25) is 0 Å². The van der Waals surface area contributed by atoms with Crippen molar-refractivity contribution < 1.29 is 9.53 Å². The van der Waals surface area contributed by atoms with E-state index in [0.717, 1.165) is 0 Å². The molecule has 0 heterocycles. The number of rotatable bonds is 6. The molecule has 0 bridgehead atoms. The summed E-state index contributed by atoms with van der Waals surface area (Å²) in [5.41, 5.74) is -0.366. The second-order valence-corrected chi connectivity index (χ2v) is 4.28. The zero-order valence-electron chi connectivity index (χ0n) is 11.7. The molecule has 1 aromatic rings. The molecule has 1 amide bonds. The molecule has 0 spiro atoms. The van der Waals surface area contributed by atoms with Crippen molar-refractivity contribution in [3.8, 4) is 11.8 Å². The number of nitriles is 1. The van der Waals surface area contributed by atoms with Crippen LogP contribution >= 0.6 is 0 Å². The number of hydrogen-bond donors (Lipinski definition) is 1. The first kappa shape index (κ1) is 15.0. The fourth-order valence-electron chi connectivity index (χ4n) is 1.87. The molecule has 0 aliphatic rings. The summed E-state index contributed by atoms with van der Waals surface area (Å²) in [6.45, 7) is 6.11. The Morgan fingerprint density at radius 1 is 1.32 bits per heavy atom. The first-order valence-corrected chi connectivity index (χ1v) is 6.58. The van der Waals surface area contributed by atoms with Crippen LogP contribution in [0.25, 0.3) is 0 Å². The zero-order chi connectivity index (χ0) is 14.3. The molecule has 4 heteroatoms. The van der Waals surface area contributed by atoms with Crippen molar-refractivity contribution in [3.05, 3.63) is 24.3 Å². The molecule has 4 nitrogen and oxygen atoms in total. The van der Waals surface area contributed by atoms with E-state index in [1.54, 1.807) is 12.1 Å². The van der Waals surface area contributed by atoms with Crippen LogP contribution in [0, 0.1) is 16.7 Å². The maximum Gasteiger partial charge on any atom is 0.244 e. The molecule has 1 aromatic carbocycles. The summed E-state index contributed by atoms with van der Waals surface area (Å²) in [5, 5.41) is 12.1. The highest BCUT2D eigenvalue weighted by Gasteiger charge is 2.35. The summed E-state index contributed by atoms with van der Waals surface area (Å²) in [5.74, 6) is 0.351. The molecular formula is C15H20N2O2. The van der Waals surface area contributed by atoms with Gasteiger partial charge in [0.25, 0.3) is 0 Å². The second-order valence-electron chi connectivity index (χ2n) is 4.28. The third-order valence-corrected chi connectivity index (χ3v) is 3.29. The van der Waals surface area contributed by atoms with E-state index in [4.69, 9.17) is 4.74 Å². The number of benzene rings is 1. The highest BCUT2D eigenvalue weighted by atomic mass is 16.5. The smallest absolute Gasteiger partial charge is 0.244 e. The van der Waals surface area contributed by atoms with E-state index in [1.165, 1.54) is 0 Å². The molecule has 0 aliphatic carbocycles. The zero-order valence-corrected chi connectivity index (χ0v) is 11.7. The van der Waals surface area contributed by atoms with Gasteiger partial charge in [-0.15, -0.1) is 0 Å². The highest BCUT2D eigenvalue weighted by Crippen LogP contribution is 2.30. The van der Waals surface area contributed by atoms with Gasteiger partial charge in [-0.05, 0) is 31.9 Å². The first-order valence-electron chi connectivity index (χ1n) is 6.58. The Bertz CT molecular complexity index is 473. The average molecular weight is 260 g/mol. The Balaban J connectivity index is 2.97. The molecule has 0 saturated heterocycles. The van der Waals surface area contributed by atoms with Crippen LogP contribution in [0.5, 0.6) is 5.75 Å². The normalized spacial score (nSPS) is 10.6. The van der Waals surface area contributed by atoms with Crippen LogP contribution < -0.4 is 10.1 Å². The number of carbonyl (C=O) groups is 1. The van der Waals surface area contributed by atoms with E-state index >= 15 is 0 Å². The number of ether oxygens (including phenoxy) is 1. The average Bonchev–Trinajstić information content (AvgIpc) is 2.44. The molecule has 0 atom stereocenters. The standard InChI is InChI=1S/C15H20N2O2/c1-4-15(5-2,11-16)14(18)17-12-9-7-8-10-13(12)19-6-3/h7-10H,4-6H2,1-3H3,(H,17,18). The number of para-hydroxylation sites is 2. The quantitative estimate of drug-likeness (QED) is 0.853. The lowest BCUT2D eigenvalue weighted by Gasteiger charge is -2.22. The molecule has 1 N–H and O–H groups in total. The van der Waals surface area contributed by atoms with Crippen LogP contribution in [0.3, 0.4) is 0 Å². The maximum absolute atomic E-state index is 12.3. The molecule has 0 aliphatic heterocycles. The molecule has 0 saturated carbocycles. The Hall–Kier alpha value is -2.02. The number of nitrogens with zero attached hydrogens (tertiary/aromatic N) is 1. The lowest BCUT2D eigenvalue weighted by atomic mass is 9.83. The van der Waals surface area contributed by atoms with Gasteiger partial charge in [-0.1, -0.05) is 26.0 Å². The molecule has 0 radical (unpaired) electrons. The Kier molecular flexibility index (Phi) is 5.37. The number of hydrogen-bond acceptors (Lipinski definition) is 3. The van der Waals surface area contributed by atoms with E-state index in [2.05, 4.69) is 11.4 Å². The van der Waals surface area contributed by atoms with Gasteiger partial charge in [0.2, 0.25) is 5.91 Å². The van der Waals surface area contributed by atoms with Crippen molar-refractivity contribution in [1.82, 2.24) is 0 Å². The van der Waals surface area contributed by atoms with Crippen LogP contribution in [0.1, 0.15) is 33.6 Å². The summed E-state index contributed by atoms with van der Waals surface area (Å²) < 4.78 is 5.45. The summed E-state index contributed by atoms with van der Waals surface area (Å²) in [6, 6.07) is 9.37. The molecular weight excluding hydrogens is 240 g/mol. The van der Waals surface area contributed by atoms with Crippen LogP contribution in [-0.4, -0.2) is 12.5 Å². The van der Waals surface area contributed by atoms with Gasteiger partial charge >= 0.3 is 0 Å². The highest BCUT2D eigenvalue weighted by molar-refractivity contribution is 5.98. The monoisotopic (exact) mass is 260 g/mol. The van der Waals surface area contributed by atoms with Crippen molar-refractivity contribution in [2.24, 2.45) is 5.41 Å². The fourth-order valence-corrected chi connectivity index (χ4v) is 1.87. The molecule has 1 rings (SSSR count). The van der Waals surface area contributed by atoms with Crippen LogP contribution in [-0.2, 0) is 4.79 Å². The van der Waals surface area contributed by atoms with E-state index in [-0.39, 0.29) is 5.91 Å². The number of amides is 1. The van der Waals surface area contributed by atoms with E-state index in [0.29, 0.717) is 30.9 Å². The summed E-state index contributed by atoms with van der Waals surface area (Å²) in [4.78, 5) is 12.3. The van der Waals surface area contributed by atoms with Crippen molar-refractivity contribution in [2.45, 2.75) is 33.6 Å². The minimum Gasteiger partial charge on any atom is -0.492 e. The van der Waals surface area contributed by atoms with E-state index < -0.39 is 5.41 Å². The van der Waals surface area contributed by atoms with Crippen molar-refractivity contribution in [3.63, 3.8) is 0 Å². The molecule has 102 valence electrons. The SMILES string of the molecule is CCOc1ccccc1NC(=O)C(C#N)(CC)CC. The van der Waals surface area contributed by atoms with Gasteiger partial charge in [-0.2, -0.15) is 5.26 Å². The molecule has 0 aromatic heterocycles. The summed E-state index contributed by atoms with van der Waals surface area (Å²) >= 11 is 0. The van der Waals surface area contributed by atoms with E-state index in [1.807, 2.05) is 32.9 Å². The van der Waals surface area contributed by atoms with Gasteiger partial charge in [-0.3, -0.25) is 4.79 Å². The number of nitrogens with one attached hydrogen (secondary N) is 1. The van der Waals surface area contributed by atoms with Crippen molar-refractivity contribution in [2.75, 3.05) is 11.9 Å². The van der Waals surface area contributed by atoms with Crippen molar-refractivity contribution >= 4 is 11.6 Å². The maximum atomic E-state index is 12.3. The van der Waals surface area contributed by atoms with Gasteiger partial charge in [0.1, 0.15) is 11.2 Å². The third-order valence-electron chi connectivity index (χ3n) is 3.29. The first-order chi connectivity index (χ1) is 9.13. The lowest BCUT2D eigenvalue weighted by molar-refractivity contribution is -0.123. The topological polar surface area (TPSA) is 62.1 Å². The van der Waals surface area contributed by atoms with Gasteiger partial charge < -0.3 is 10.1 Å². The predicted molar refractivity (Wildman–Crippen MR) is 74.9 cm³/mol.